The normalized spacial score (nSPS) is 10.4. The number of methoxy groups -OCH3 is 1. The maximum atomic E-state index is 11.0. The van der Waals surface area contributed by atoms with Gasteiger partial charge in [0.05, 0.1) is 24.7 Å². The Bertz CT molecular complexity index is 410. The molecule has 0 saturated heterocycles. The van der Waals surface area contributed by atoms with Crippen molar-refractivity contribution in [2.24, 2.45) is 0 Å². The molecule has 1 rings (SSSR count). The van der Waals surface area contributed by atoms with E-state index in [1.807, 2.05) is 13.0 Å². The molecule has 1 N–H and O–H groups in total. The third kappa shape index (κ3) is 4.84. The number of benzene rings is 1. The van der Waals surface area contributed by atoms with E-state index >= 15 is 0 Å². The first-order chi connectivity index (χ1) is 9.20. The van der Waals surface area contributed by atoms with Gasteiger partial charge in [0.15, 0.2) is 0 Å². The van der Waals surface area contributed by atoms with Gasteiger partial charge in [-0.2, -0.15) is 0 Å². The summed E-state index contributed by atoms with van der Waals surface area (Å²) in [7, 11) is 1.60. The highest BCUT2D eigenvalue weighted by molar-refractivity contribution is 5.66. The van der Waals surface area contributed by atoms with Crippen LogP contribution in [-0.4, -0.2) is 31.8 Å². The molecule has 1 aromatic carbocycles. The lowest BCUT2D eigenvalue weighted by molar-refractivity contribution is -0.384. The summed E-state index contributed by atoms with van der Waals surface area (Å²) >= 11 is 0. The van der Waals surface area contributed by atoms with Gasteiger partial charge in [-0.1, -0.05) is 19.1 Å². The van der Waals surface area contributed by atoms with Crippen molar-refractivity contribution in [2.75, 3.05) is 32.2 Å². The van der Waals surface area contributed by atoms with Crippen molar-refractivity contribution >= 4 is 11.4 Å². The number of rotatable bonds is 9. The van der Waals surface area contributed by atoms with Gasteiger partial charge in [-0.25, -0.2) is 0 Å². The van der Waals surface area contributed by atoms with Crippen LogP contribution in [0.2, 0.25) is 0 Å². The Morgan fingerprint density at radius 1 is 1.37 bits per heavy atom. The monoisotopic (exact) mass is 268 g/mol. The average molecular weight is 268 g/mol. The zero-order valence-electron chi connectivity index (χ0n) is 11.3. The van der Waals surface area contributed by atoms with Crippen LogP contribution in [0.3, 0.4) is 0 Å². The van der Waals surface area contributed by atoms with Gasteiger partial charge in [0, 0.05) is 25.3 Å². The second-order valence-electron chi connectivity index (χ2n) is 4.04. The fourth-order valence-corrected chi connectivity index (χ4v) is 1.64. The Labute approximate surface area is 112 Å². The first-order valence-corrected chi connectivity index (χ1v) is 6.27. The Balaban J connectivity index is 2.82. The number of hydrogen-bond donors (Lipinski definition) is 1. The highest BCUT2D eigenvalue weighted by atomic mass is 16.6. The van der Waals surface area contributed by atoms with Crippen LogP contribution in [0.15, 0.2) is 18.2 Å². The minimum Gasteiger partial charge on any atom is -0.382 e. The molecule has 0 atom stereocenters. The third-order valence-corrected chi connectivity index (χ3v) is 2.57. The molecule has 0 amide bonds. The maximum Gasteiger partial charge on any atom is 0.292 e. The molecule has 0 aliphatic carbocycles. The summed E-state index contributed by atoms with van der Waals surface area (Å²) in [5.74, 6) is 0. The van der Waals surface area contributed by atoms with Gasteiger partial charge in [0.1, 0.15) is 5.69 Å². The number of anilines is 1. The number of hydrogen-bond acceptors (Lipinski definition) is 5. The van der Waals surface area contributed by atoms with E-state index in [9.17, 15) is 10.1 Å². The van der Waals surface area contributed by atoms with Gasteiger partial charge in [0.25, 0.3) is 5.69 Å². The van der Waals surface area contributed by atoms with Gasteiger partial charge in [-0.05, 0) is 6.42 Å². The second-order valence-corrected chi connectivity index (χ2v) is 4.04. The summed E-state index contributed by atoms with van der Waals surface area (Å²) in [4.78, 5) is 10.6. The first kappa shape index (κ1) is 15.4. The molecule has 106 valence electrons. The number of nitro groups is 1. The van der Waals surface area contributed by atoms with Gasteiger partial charge in [-0.3, -0.25) is 10.1 Å². The van der Waals surface area contributed by atoms with E-state index in [4.69, 9.17) is 9.47 Å². The SMILES string of the molecule is CCCNc1c(COCCOC)cccc1[N+](=O)[O-]. The molecule has 19 heavy (non-hydrogen) atoms. The van der Waals surface area contributed by atoms with Crippen molar-refractivity contribution in [3.8, 4) is 0 Å². The highest BCUT2D eigenvalue weighted by Crippen LogP contribution is 2.28. The Morgan fingerprint density at radius 2 is 2.16 bits per heavy atom. The summed E-state index contributed by atoms with van der Waals surface area (Å²) in [6, 6.07) is 5.00. The summed E-state index contributed by atoms with van der Waals surface area (Å²) < 4.78 is 10.3. The predicted molar refractivity (Wildman–Crippen MR) is 73.4 cm³/mol. The van der Waals surface area contributed by atoms with Crippen molar-refractivity contribution in [3.05, 3.63) is 33.9 Å². The predicted octanol–water partition coefficient (Wildman–Crippen LogP) is 2.58. The van der Waals surface area contributed by atoms with E-state index in [2.05, 4.69) is 5.32 Å². The first-order valence-electron chi connectivity index (χ1n) is 6.27. The number of nitro benzene ring substituents is 1. The summed E-state index contributed by atoms with van der Waals surface area (Å²) in [6.07, 6.45) is 0.899. The van der Waals surface area contributed by atoms with Crippen molar-refractivity contribution in [1.29, 1.82) is 0 Å². The molecule has 6 heteroatoms. The molecule has 6 nitrogen and oxygen atoms in total. The van der Waals surface area contributed by atoms with Crippen LogP contribution in [0.1, 0.15) is 18.9 Å². The molecule has 0 heterocycles. The van der Waals surface area contributed by atoms with Crippen LogP contribution in [0.4, 0.5) is 11.4 Å². The Hall–Kier alpha value is -1.66. The molecular formula is C13H20N2O4. The Morgan fingerprint density at radius 3 is 2.79 bits per heavy atom. The van der Waals surface area contributed by atoms with Crippen LogP contribution in [0.5, 0.6) is 0 Å². The lowest BCUT2D eigenvalue weighted by Crippen LogP contribution is -2.08. The minimum atomic E-state index is -0.378. The molecule has 0 radical (unpaired) electrons. The topological polar surface area (TPSA) is 73.6 Å². The van der Waals surface area contributed by atoms with Gasteiger partial charge >= 0.3 is 0 Å². The summed E-state index contributed by atoms with van der Waals surface area (Å²) in [5.41, 5.74) is 1.42. The summed E-state index contributed by atoms with van der Waals surface area (Å²) in [5, 5.41) is 14.1. The zero-order chi connectivity index (χ0) is 14.1. The van der Waals surface area contributed by atoms with Crippen LogP contribution in [-0.2, 0) is 16.1 Å². The highest BCUT2D eigenvalue weighted by Gasteiger charge is 2.16. The second kappa shape index (κ2) is 8.44. The van der Waals surface area contributed by atoms with Crippen LogP contribution in [0.25, 0.3) is 0 Å². The van der Waals surface area contributed by atoms with E-state index in [-0.39, 0.29) is 10.6 Å². The molecule has 0 aliphatic rings. The van der Waals surface area contributed by atoms with Crippen molar-refractivity contribution in [1.82, 2.24) is 0 Å². The lowest BCUT2D eigenvalue weighted by atomic mass is 10.1. The van der Waals surface area contributed by atoms with E-state index in [1.54, 1.807) is 13.2 Å². The smallest absolute Gasteiger partial charge is 0.292 e. The summed E-state index contributed by atoms with van der Waals surface area (Å²) in [6.45, 7) is 4.00. The van der Waals surface area contributed by atoms with Crippen LogP contribution in [0, 0.1) is 10.1 Å². The van der Waals surface area contributed by atoms with E-state index < -0.39 is 0 Å². The molecule has 0 spiro atoms. The molecule has 0 aliphatic heterocycles. The molecule has 0 fully saturated rings. The zero-order valence-corrected chi connectivity index (χ0v) is 11.3. The lowest BCUT2D eigenvalue weighted by Gasteiger charge is -2.12. The van der Waals surface area contributed by atoms with Gasteiger partial charge < -0.3 is 14.8 Å². The van der Waals surface area contributed by atoms with E-state index in [0.717, 1.165) is 12.0 Å². The number of para-hydroxylation sites is 1. The van der Waals surface area contributed by atoms with Crippen LogP contribution >= 0.6 is 0 Å². The Kier molecular flexibility index (Phi) is 6.84. The van der Waals surface area contributed by atoms with Gasteiger partial charge in [-0.15, -0.1) is 0 Å². The maximum absolute atomic E-state index is 11.0. The van der Waals surface area contributed by atoms with Gasteiger partial charge in [0.2, 0.25) is 0 Å². The van der Waals surface area contributed by atoms with Crippen molar-refractivity contribution in [2.45, 2.75) is 20.0 Å². The number of nitrogens with one attached hydrogen (secondary N) is 1. The van der Waals surface area contributed by atoms with E-state index in [0.29, 0.717) is 32.1 Å². The molecule has 0 saturated carbocycles. The average Bonchev–Trinajstić information content (AvgIpc) is 2.41. The fourth-order valence-electron chi connectivity index (χ4n) is 1.64. The molecule has 0 bridgehead atoms. The van der Waals surface area contributed by atoms with Crippen molar-refractivity contribution < 1.29 is 14.4 Å². The van der Waals surface area contributed by atoms with Crippen LogP contribution < -0.4 is 5.32 Å². The minimum absolute atomic E-state index is 0.0845. The quantitative estimate of drug-likeness (QED) is 0.423. The standard InChI is InChI=1S/C13H20N2O4/c1-3-7-14-13-11(10-19-9-8-18-2)5-4-6-12(13)15(16)17/h4-6,14H,3,7-10H2,1-2H3. The molecule has 0 aromatic heterocycles. The van der Waals surface area contributed by atoms with Crippen molar-refractivity contribution in [3.63, 3.8) is 0 Å². The molecule has 1 aromatic rings. The molecular weight excluding hydrogens is 248 g/mol. The van der Waals surface area contributed by atoms with E-state index in [1.165, 1.54) is 6.07 Å². The molecule has 0 unspecified atom stereocenters. The third-order valence-electron chi connectivity index (χ3n) is 2.57. The fraction of sp³-hybridized carbons (Fsp3) is 0.538. The number of ether oxygens (including phenoxy) is 2. The largest absolute Gasteiger partial charge is 0.382 e. The number of nitrogens with zero attached hydrogens (tertiary/aromatic N) is 1.